The molecule has 1 aromatic carbocycles. The molecule has 0 saturated heterocycles. The Bertz CT molecular complexity index is 879. The highest BCUT2D eigenvalue weighted by Gasteiger charge is 2.09. The third kappa shape index (κ3) is 4.32. The molecule has 0 aliphatic rings. The zero-order valence-electron chi connectivity index (χ0n) is 13.4. The van der Waals surface area contributed by atoms with Crippen molar-refractivity contribution in [3.63, 3.8) is 0 Å². The Balaban J connectivity index is 1.87. The summed E-state index contributed by atoms with van der Waals surface area (Å²) < 4.78 is 13.8. The minimum Gasteiger partial charge on any atom is -0.378 e. The second kappa shape index (κ2) is 7.92. The van der Waals surface area contributed by atoms with Crippen molar-refractivity contribution in [2.24, 2.45) is 0 Å². The maximum Gasteiger partial charge on any atom is 0.175 e. The van der Waals surface area contributed by atoms with Gasteiger partial charge in [0.2, 0.25) is 0 Å². The molecule has 0 aliphatic heterocycles. The van der Waals surface area contributed by atoms with E-state index in [9.17, 15) is 4.39 Å². The van der Waals surface area contributed by atoms with Crippen molar-refractivity contribution >= 4 is 11.4 Å². The number of allylic oxidation sites excluding steroid dienone is 1. The Morgan fingerprint density at radius 3 is 2.40 bits per heavy atom. The predicted molar refractivity (Wildman–Crippen MR) is 94.3 cm³/mol. The van der Waals surface area contributed by atoms with Crippen molar-refractivity contribution in [1.29, 1.82) is 5.41 Å². The van der Waals surface area contributed by atoms with E-state index in [2.05, 4.69) is 20.3 Å². The molecule has 2 heterocycles. The minimum absolute atomic E-state index is 0.212. The third-order valence-corrected chi connectivity index (χ3v) is 3.46. The molecule has 0 fully saturated rings. The fraction of sp³-hybridized carbons (Fsp3) is 0.0526. The van der Waals surface area contributed by atoms with Gasteiger partial charge in [-0.1, -0.05) is 24.3 Å². The van der Waals surface area contributed by atoms with Crippen molar-refractivity contribution in [2.45, 2.75) is 6.54 Å². The van der Waals surface area contributed by atoms with E-state index in [-0.39, 0.29) is 18.1 Å². The topological polar surface area (TPSA) is 74.6 Å². The summed E-state index contributed by atoms with van der Waals surface area (Å²) in [4.78, 5) is 12.6. The van der Waals surface area contributed by atoms with Crippen molar-refractivity contribution in [2.75, 3.05) is 0 Å². The zero-order valence-corrected chi connectivity index (χ0v) is 13.4. The Morgan fingerprint density at radius 1 is 0.960 bits per heavy atom. The molecule has 124 valence electrons. The van der Waals surface area contributed by atoms with E-state index in [0.717, 1.165) is 0 Å². The molecule has 25 heavy (non-hydrogen) atoms. The van der Waals surface area contributed by atoms with Crippen LogP contribution in [0, 0.1) is 11.2 Å². The summed E-state index contributed by atoms with van der Waals surface area (Å²) in [5.41, 5.74) is 1.79. The van der Waals surface area contributed by atoms with Gasteiger partial charge in [0.05, 0.1) is 17.1 Å². The number of halogens is 1. The van der Waals surface area contributed by atoms with E-state index in [4.69, 9.17) is 5.41 Å². The van der Waals surface area contributed by atoms with Crippen LogP contribution < -0.4 is 5.32 Å². The Hall–Kier alpha value is -3.41. The van der Waals surface area contributed by atoms with Gasteiger partial charge >= 0.3 is 0 Å². The van der Waals surface area contributed by atoms with Gasteiger partial charge in [0.25, 0.3) is 0 Å². The summed E-state index contributed by atoms with van der Waals surface area (Å²) >= 11 is 0. The largest absolute Gasteiger partial charge is 0.378 e. The molecule has 3 aromatic rings. The maximum atomic E-state index is 13.8. The van der Waals surface area contributed by atoms with E-state index in [1.807, 2.05) is 6.07 Å². The normalized spacial score (nSPS) is 11.2. The second-order valence-corrected chi connectivity index (χ2v) is 5.20. The monoisotopic (exact) mass is 333 g/mol. The van der Waals surface area contributed by atoms with Crippen LogP contribution in [-0.4, -0.2) is 20.7 Å². The Morgan fingerprint density at radius 2 is 1.68 bits per heavy atom. The highest BCUT2D eigenvalue weighted by atomic mass is 19.1. The van der Waals surface area contributed by atoms with Gasteiger partial charge < -0.3 is 5.32 Å². The maximum absolute atomic E-state index is 13.8. The smallest absolute Gasteiger partial charge is 0.175 e. The van der Waals surface area contributed by atoms with E-state index in [0.29, 0.717) is 22.8 Å². The fourth-order valence-electron chi connectivity index (χ4n) is 2.21. The molecule has 0 spiro atoms. The van der Waals surface area contributed by atoms with Crippen LogP contribution in [0.2, 0.25) is 0 Å². The summed E-state index contributed by atoms with van der Waals surface area (Å²) in [6, 6.07) is 13.6. The highest BCUT2D eigenvalue weighted by Crippen LogP contribution is 2.11. The van der Waals surface area contributed by atoms with Gasteiger partial charge in [-0.2, -0.15) is 0 Å². The molecule has 0 aliphatic carbocycles. The van der Waals surface area contributed by atoms with Gasteiger partial charge in [-0.3, -0.25) is 10.4 Å². The zero-order chi connectivity index (χ0) is 17.5. The van der Waals surface area contributed by atoms with E-state index >= 15 is 0 Å². The number of benzene rings is 1. The molecule has 0 atom stereocenters. The standard InChI is InChI=1S/C19H16FN5/c20-15-7-2-1-6-14(15)13-25-18(19-23-10-5-11-24-19)12-16(21)17-8-3-4-9-22-17/h1-12,21,25H,13H2/b18-12-,21-16?. The lowest BCUT2D eigenvalue weighted by molar-refractivity contribution is 0.605. The summed E-state index contributed by atoms with van der Waals surface area (Å²) in [5, 5.41) is 11.3. The van der Waals surface area contributed by atoms with Crippen molar-refractivity contribution in [1.82, 2.24) is 20.3 Å². The second-order valence-electron chi connectivity index (χ2n) is 5.20. The molecule has 0 unspecified atom stereocenters. The van der Waals surface area contributed by atoms with Crippen LogP contribution in [0.4, 0.5) is 4.39 Å². The van der Waals surface area contributed by atoms with Crippen LogP contribution >= 0.6 is 0 Å². The third-order valence-electron chi connectivity index (χ3n) is 3.46. The first-order valence-corrected chi connectivity index (χ1v) is 7.70. The summed E-state index contributed by atoms with van der Waals surface area (Å²) in [6.45, 7) is 0.256. The molecule has 6 heteroatoms. The van der Waals surface area contributed by atoms with Crippen LogP contribution in [0.3, 0.4) is 0 Å². The van der Waals surface area contributed by atoms with Gasteiger partial charge in [0.15, 0.2) is 5.82 Å². The van der Waals surface area contributed by atoms with Gasteiger partial charge in [0.1, 0.15) is 5.82 Å². The number of nitrogens with zero attached hydrogens (tertiary/aromatic N) is 3. The SMILES string of the molecule is N=C(/C=C(\NCc1ccccc1F)c1ncccn1)c1ccccn1. The summed E-state index contributed by atoms with van der Waals surface area (Å²) in [5.74, 6) is 0.141. The van der Waals surface area contributed by atoms with Crippen molar-refractivity contribution in [3.8, 4) is 0 Å². The lowest BCUT2D eigenvalue weighted by Crippen LogP contribution is -2.16. The van der Waals surface area contributed by atoms with Gasteiger partial charge in [0, 0.05) is 30.7 Å². The number of aromatic nitrogens is 3. The van der Waals surface area contributed by atoms with Gasteiger partial charge in [-0.25, -0.2) is 14.4 Å². The van der Waals surface area contributed by atoms with Gasteiger partial charge in [-0.15, -0.1) is 0 Å². The van der Waals surface area contributed by atoms with Gasteiger partial charge in [-0.05, 0) is 30.3 Å². The molecule has 2 N–H and O–H groups in total. The first-order valence-electron chi connectivity index (χ1n) is 7.70. The molecular weight excluding hydrogens is 317 g/mol. The molecule has 0 bridgehead atoms. The predicted octanol–water partition coefficient (Wildman–Crippen LogP) is 3.21. The van der Waals surface area contributed by atoms with Crippen LogP contribution in [0.1, 0.15) is 17.1 Å². The average molecular weight is 333 g/mol. The lowest BCUT2D eigenvalue weighted by Gasteiger charge is -2.11. The summed E-state index contributed by atoms with van der Waals surface area (Å²) in [6.07, 6.45) is 6.46. The van der Waals surface area contributed by atoms with Crippen LogP contribution in [0.5, 0.6) is 0 Å². The average Bonchev–Trinajstić information content (AvgIpc) is 2.67. The Kier molecular flexibility index (Phi) is 5.21. The fourth-order valence-corrected chi connectivity index (χ4v) is 2.21. The molecule has 5 nitrogen and oxygen atoms in total. The molecule has 0 saturated carbocycles. The molecule has 0 amide bonds. The Labute approximate surface area is 144 Å². The lowest BCUT2D eigenvalue weighted by atomic mass is 10.1. The molecule has 3 rings (SSSR count). The van der Waals surface area contributed by atoms with E-state index < -0.39 is 0 Å². The first-order chi connectivity index (χ1) is 12.2. The minimum atomic E-state index is -0.289. The first kappa shape index (κ1) is 16.4. The van der Waals surface area contributed by atoms with Crippen molar-refractivity contribution < 1.29 is 4.39 Å². The number of rotatable bonds is 6. The number of nitrogens with one attached hydrogen (secondary N) is 2. The molecule has 0 radical (unpaired) electrons. The number of hydrogen-bond donors (Lipinski definition) is 2. The molecular formula is C19H16FN5. The van der Waals surface area contributed by atoms with Crippen LogP contribution in [0.15, 0.2) is 73.2 Å². The quantitative estimate of drug-likeness (QED) is 0.679. The van der Waals surface area contributed by atoms with Crippen molar-refractivity contribution in [3.05, 3.63) is 96.1 Å². The summed E-state index contributed by atoms with van der Waals surface area (Å²) in [7, 11) is 0. The highest BCUT2D eigenvalue weighted by molar-refractivity contribution is 6.08. The number of hydrogen-bond acceptors (Lipinski definition) is 5. The number of pyridine rings is 1. The molecule has 2 aromatic heterocycles. The van der Waals surface area contributed by atoms with Crippen LogP contribution in [-0.2, 0) is 6.54 Å². The van der Waals surface area contributed by atoms with E-state index in [1.165, 1.54) is 6.07 Å². The van der Waals surface area contributed by atoms with E-state index in [1.54, 1.807) is 61.1 Å². The van der Waals surface area contributed by atoms with Crippen LogP contribution in [0.25, 0.3) is 5.70 Å².